The molecule has 0 spiro atoms. The van der Waals surface area contributed by atoms with Gasteiger partial charge in [-0.3, -0.25) is 14.4 Å². The highest BCUT2D eigenvalue weighted by molar-refractivity contribution is 5.96. The van der Waals surface area contributed by atoms with Crippen LogP contribution >= 0.6 is 0 Å². The summed E-state index contributed by atoms with van der Waals surface area (Å²) in [7, 11) is 1.43. The summed E-state index contributed by atoms with van der Waals surface area (Å²) >= 11 is 0. The monoisotopic (exact) mass is 652 g/mol. The summed E-state index contributed by atoms with van der Waals surface area (Å²) in [5.41, 5.74) is 1.62. The molecule has 2 aromatic carbocycles. The molecular formula is C36H45FN2O8. The van der Waals surface area contributed by atoms with Gasteiger partial charge in [0.1, 0.15) is 30.9 Å². The van der Waals surface area contributed by atoms with Crippen LogP contribution in [0.15, 0.2) is 48.0 Å². The number of ether oxygens (including phenoxy) is 3. The first kappa shape index (κ1) is 34.5. The summed E-state index contributed by atoms with van der Waals surface area (Å²) in [6, 6.07) is 7.81. The molecule has 47 heavy (non-hydrogen) atoms. The van der Waals surface area contributed by atoms with Gasteiger partial charge in [0, 0.05) is 29.8 Å². The second-order valence-electron chi connectivity index (χ2n) is 13.2. The summed E-state index contributed by atoms with van der Waals surface area (Å²) in [6.45, 7) is 5.96. The average Bonchev–Trinajstić information content (AvgIpc) is 3.45. The summed E-state index contributed by atoms with van der Waals surface area (Å²) in [6.07, 6.45) is 2.76. The number of fused-ring (bicyclic) bond motifs is 3. The number of carbonyl (C=O) groups is 3. The molecule has 0 radical (unpaired) electrons. The quantitative estimate of drug-likeness (QED) is 0.295. The van der Waals surface area contributed by atoms with Crippen molar-refractivity contribution in [3.63, 3.8) is 0 Å². The molecule has 7 atom stereocenters. The predicted octanol–water partition coefficient (Wildman–Crippen LogP) is 3.78. The lowest BCUT2D eigenvalue weighted by atomic mass is 9.75. The Labute approximate surface area is 274 Å². The lowest BCUT2D eigenvalue weighted by molar-refractivity contribution is -0.148. The minimum Gasteiger partial charge on any atom is -0.493 e. The van der Waals surface area contributed by atoms with Crippen molar-refractivity contribution in [3.05, 3.63) is 70.6 Å². The molecule has 2 aromatic rings. The SMILES string of the molecule is COc1cc(C=O)cc2c1OC1C2C(C(=O)NCCO)=CC(N(Cc2ccc(F)cc2)C(=O)COC2CC(C)CCC2C(C)C)C1O. The van der Waals surface area contributed by atoms with E-state index in [2.05, 4.69) is 26.1 Å². The number of nitrogens with zero attached hydrogens (tertiary/aromatic N) is 1. The molecule has 254 valence electrons. The molecule has 0 saturated heterocycles. The number of nitrogens with one attached hydrogen (secondary N) is 1. The molecule has 2 amide bonds. The van der Waals surface area contributed by atoms with E-state index in [1.807, 2.05) is 0 Å². The number of amides is 2. The molecule has 1 aliphatic heterocycles. The van der Waals surface area contributed by atoms with E-state index in [4.69, 9.17) is 14.2 Å². The van der Waals surface area contributed by atoms with Crippen LogP contribution in [0.5, 0.6) is 11.5 Å². The Hall–Kier alpha value is -3.80. The van der Waals surface area contributed by atoms with Crippen molar-refractivity contribution >= 4 is 18.1 Å². The number of carbonyl (C=O) groups excluding carboxylic acids is 3. The van der Waals surface area contributed by atoms with Crippen molar-refractivity contribution < 1.29 is 43.2 Å². The number of halogens is 1. The molecule has 7 unspecified atom stereocenters. The van der Waals surface area contributed by atoms with Crippen molar-refractivity contribution in [1.29, 1.82) is 0 Å². The fraction of sp³-hybridized carbons (Fsp3) is 0.528. The van der Waals surface area contributed by atoms with Gasteiger partial charge in [-0.2, -0.15) is 0 Å². The van der Waals surface area contributed by atoms with Crippen molar-refractivity contribution in [1.82, 2.24) is 10.2 Å². The van der Waals surface area contributed by atoms with Gasteiger partial charge in [-0.25, -0.2) is 4.39 Å². The van der Waals surface area contributed by atoms with E-state index >= 15 is 0 Å². The Kier molecular flexibility index (Phi) is 11.0. The van der Waals surface area contributed by atoms with Gasteiger partial charge in [0.25, 0.3) is 0 Å². The van der Waals surface area contributed by atoms with Crippen molar-refractivity contribution in [2.75, 3.05) is 26.9 Å². The lowest BCUT2D eigenvalue weighted by Crippen LogP contribution is -2.56. The number of aliphatic hydroxyl groups is 2. The highest BCUT2D eigenvalue weighted by Crippen LogP contribution is 2.51. The molecular weight excluding hydrogens is 607 g/mol. The highest BCUT2D eigenvalue weighted by Gasteiger charge is 2.51. The number of hydrogen-bond acceptors (Lipinski definition) is 8. The van der Waals surface area contributed by atoms with Crippen LogP contribution in [0.2, 0.25) is 0 Å². The Bertz CT molecular complexity index is 1480. The number of rotatable bonds is 12. The zero-order valence-electron chi connectivity index (χ0n) is 27.4. The topological polar surface area (TPSA) is 135 Å². The maximum Gasteiger partial charge on any atom is 0.249 e. The van der Waals surface area contributed by atoms with Crippen LogP contribution in [0.4, 0.5) is 4.39 Å². The number of aldehydes is 1. The Morgan fingerprint density at radius 2 is 1.94 bits per heavy atom. The first-order valence-corrected chi connectivity index (χ1v) is 16.3. The summed E-state index contributed by atoms with van der Waals surface area (Å²) in [5.74, 6) is -0.410. The lowest BCUT2D eigenvalue weighted by Gasteiger charge is -2.41. The van der Waals surface area contributed by atoms with E-state index in [0.717, 1.165) is 19.3 Å². The molecule has 3 N–H and O–H groups in total. The fourth-order valence-corrected chi connectivity index (χ4v) is 7.27. The third kappa shape index (κ3) is 7.37. The second kappa shape index (κ2) is 15.0. The molecule has 3 aliphatic rings. The van der Waals surface area contributed by atoms with Crippen LogP contribution in [-0.2, 0) is 20.9 Å². The zero-order chi connectivity index (χ0) is 33.8. The Morgan fingerprint density at radius 1 is 1.19 bits per heavy atom. The number of benzene rings is 2. The van der Waals surface area contributed by atoms with E-state index in [1.165, 1.54) is 30.2 Å². The van der Waals surface area contributed by atoms with Crippen LogP contribution < -0.4 is 14.8 Å². The van der Waals surface area contributed by atoms with Gasteiger partial charge in [-0.05, 0) is 66.5 Å². The van der Waals surface area contributed by atoms with Crippen LogP contribution in [0, 0.1) is 23.6 Å². The summed E-state index contributed by atoms with van der Waals surface area (Å²) < 4.78 is 31.9. The smallest absolute Gasteiger partial charge is 0.249 e. The highest BCUT2D eigenvalue weighted by atomic mass is 19.1. The van der Waals surface area contributed by atoms with E-state index < -0.39 is 41.8 Å². The van der Waals surface area contributed by atoms with Crippen LogP contribution in [0.3, 0.4) is 0 Å². The molecule has 11 heteroatoms. The molecule has 0 aromatic heterocycles. The second-order valence-corrected chi connectivity index (χ2v) is 13.2. The van der Waals surface area contributed by atoms with Gasteiger partial charge in [-0.1, -0.05) is 39.3 Å². The van der Waals surface area contributed by atoms with Crippen LogP contribution in [-0.4, -0.2) is 84.4 Å². The van der Waals surface area contributed by atoms with Gasteiger partial charge in [0.05, 0.1) is 31.8 Å². The van der Waals surface area contributed by atoms with Gasteiger partial charge >= 0.3 is 0 Å². The van der Waals surface area contributed by atoms with Gasteiger partial charge in [0.2, 0.25) is 11.8 Å². The molecule has 2 aliphatic carbocycles. The average molecular weight is 653 g/mol. The van der Waals surface area contributed by atoms with Crippen molar-refractivity contribution in [3.8, 4) is 11.5 Å². The van der Waals surface area contributed by atoms with Crippen molar-refractivity contribution in [2.45, 2.75) is 76.9 Å². The Morgan fingerprint density at radius 3 is 2.60 bits per heavy atom. The molecule has 1 fully saturated rings. The van der Waals surface area contributed by atoms with Crippen molar-refractivity contribution in [2.24, 2.45) is 17.8 Å². The first-order chi connectivity index (χ1) is 22.6. The number of hydrogen-bond donors (Lipinski definition) is 3. The third-order valence-electron chi connectivity index (χ3n) is 9.74. The summed E-state index contributed by atoms with van der Waals surface area (Å²) in [5, 5.41) is 24.0. The van der Waals surface area contributed by atoms with Gasteiger partial charge in [0.15, 0.2) is 11.5 Å². The largest absolute Gasteiger partial charge is 0.493 e. The number of aliphatic hydroxyl groups excluding tert-OH is 2. The molecule has 0 bridgehead atoms. The van der Waals surface area contributed by atoms with Gasteiger partial charge < -0.3 is 34.6 Å². The maximum atomic E-state index is 14.2. The Balaban J connectivity index is 1.53. The van der Waals surface area contributed by atoms with E-state index in [1.54, 1.807) is 24.3 Å². The maximum absolute atomic E-state index is 14.2. The van der Waals surface area contributed by atoms with Gasteiger partial charge in [-0.15, -0.1) is 0 Å². The van der Waals surface area contributed by atoms with Crippen LogP contribution in [0.1, 0.15) is 67.4 Å². The first-order valence-electron chi connectivity index (χ1n) is 16.3. The normalized spacial score (nSPS) is 26.5. The molecule has 5 rings (SSSR count). The minimum absolute atomic E-state index is 0.00383. The molecule has 10 nitrogen and oxygen atoms in total. The van der Waals surface area contributed by atoms with Crippen LogP contribution in [0.25, 0.3) is 0 Å². The standard InChI is InChI=1S/C36H45FN2O8/c1-20(2)25-10-5-21(3)13-29(25)46-19-31(42)39(17-22-6-8-24(37)9-7-22)28-16-27(36(44)38-11-12-40)32-26-14-23(18-41)15-30(45-4)34(26)47-35(32)33(28)43/h6-9,14-16,18,20-21,25,28-29,32-33,35,40,43H,5,10-13,17,19H2,1-4H3,(H,38,44). The van der Waals surface area contributed by atoms with E-state index in [-0.39, 0.29) is 43.7 Å². The molecule has 1 saturated carbocycles. The van der Waals surface area contributed by atoms with E-state index in [0.29, 0.717) is 46.5 Å². The minimum atomic E-state index is -1.31. The zero-order valence-corrected chi connectivity index (χ0v) is 27.4. The third-order valence-corrected chi connectivity index (χ3v) is 9.74. The van der Waals surface area contributed by atoms with E-state index in [9.17, 15) is 29.0 Å². The number of methoxy groups -OCH3 is 1. The predicted molar refractivity (Wildman–Crippen MR) is 172 cm³/mol. The fourth-order valence-electron chi connectivity index (χ4n) is 7.27. The molecule has 1 heterocycles. The summed E-state index contributed by atoms with van der Waals surface area (Å²) in [4.78, 5) is 41.0.